The highest BCUT2D eigenvalue weighted by atomic mass is 32.1. The van der Waals surface area contributed by atoms with Crippen molar-refractivity contribution < 1.29 is 9.53 Å². The molecule has 2 aromatic carbocycles. The van der Waals surface area contributed by atoms with Gasteiger partial charge in [-0.05, 0) is 53.8 Å². The minimum absolute atomic E-state index is 0.0241. The average Bonchev–Trinajstić information content (AvgIpc) is 3.24. The number of methoxy groups -OCH3 is 1. The molecule has 0 aliphatic heterocycles. The summed E-state index contributed by atoms with van der Waals surface area (Å²) in [6.07, 6.45) is 1.74. The molecule has 164 valence electrons. The summed E-state index contributed by atoms with van der Waals surface area (Å²) in [5, 5.41) is 0.628. The quantitative estimate of drug-likeness (QED) is 0.369. The Bertz CT molecular complexity index is 1240. The highest BCUT2D eigenvalue weighted by Crippen LogP contribution is 2.37. The van der Waals surface area contributed by atoms with E-state index in [0.717, 1.165) is 21.5 Å². The number of fused-ring (bicyclic) bond motifs is 1. The number of aryl methyl sites for hydroxylation is 1. The van der Waals surface area contributed by atoms with Crippen LogP contribution < -0.4 is 9.64 Å². The van der Waals surface area contributed by atoms with E-state index in [0.29, 0.717) is 23.0 Å². The van der Waals surface area contributed by atoms with Gasteiger partial charge < -0.3 is 4.74 Å². The van der Waals surface area contributed by atoms with Gasteiger partial charge in [-0.3, -0.25) is 14.7 Å². The van der Waals surface area contributed by atoms with Gasteiger partial charge >= 0.3 is 0 Å². The summed E-state index contributed by atoms with van der Waals surface area (Å²) >= 11 is 1.50. The molecule has 6 heteroatoms. The molecule has 0 fully saturated rings. The monoisotopic (exact) mass is 445 g/mol. The van der Waals surface area contributed by atoms with Crippen LogP contribution in [-0.4, -0.2) is 23.0 Å². The van der Waals surface area contributed by atoms with E-state index in [2.05, 4.69) is 25.8 Å². The summed E-state index contributed by atoms with van der Waals surface area (Å²) in [5.41, 5.74) is 4.51. The maximum absolute atomic E-state index is 13.7. The fourth-order valence-corrected chi connectivity index (χ4v) is 4.58. The molecule has 4 rings (SSSR count). The van der Waals surface area contributed by atoms with E-state index >= 15 is 0 Å². The number of hydrogen-bond acceptors (Lipinski definition) is 5. The first-order valence-corrected chi connectivity index (χ1v) is 11.4. The lowest BCUT2D eigenvalue weighted by atomic mass is 9.86. The van der Waals surface area contributed by atoms with Crippen molar-refractivity contribution in [1.82, 2.24) is 9.97 Å². The topological polar surface area (TPSA) is 55.3 Å². The van der Waals surface area contributed by atoms with Crippen LogP contribution in [0, 0.1) is 6.92 Å². The molecule has 4 aromatic rings. The molecular weight excluding hydrogens is 418 g/mol. The summed E-state index contributed by atoms with van der Waals surface area (Å²) in [6, 6.07) is 17.5. The van der Waals surface area contributed by atoms with Crippen molar-refractivity contribution in [1.29, 1.82) is 0 Å². The van der Waals surface area contributed by atoms with Gasteiger partial charge in [0.1, 0.15) is 11.3 Å². The van der Waals surface area contributed by atoms with Crippen molar-refractivity contribution in [3.05, 3.63) is 83.2 Å². The molecule has 0 spiro atoms. The zero-order chi connectivity index (χ0) is 22.9. The van der Waals surface area contributed by atoms with Gasteiger partial charge in [0.05, 0.1) is 24.0 Å². The minimum Gasteiger partial charge on any atom is -0.494 e. The molecule has 2 heterocycles. The Morgan fingerprint density at radius 2 is 1.81 bits per heavy atom. The van der Waals surface area contributed by atoms with E-state index in [4.69, 9.17) is 9.72 Å². The van der Waals surface area contributed by atoms with Gasteiger partial charge in [0.25, 0.3) is 5.91 Å². The second kappa shape index (κ2) is 8.71. The van der Waals surface area contributed by atoms with Gasteiger partial charge in [0.2, 0.25) is 0 Å². The molecule has 0 aliphatic rings. The first-order chi connectivity index (χ1) is 15.3. The van der Waals surface area contributed by atoms with Crippen molar-refractivity contribution in [2.75, 3.05) is 12.0 Å². The first-order valence-electron chi connectivity index (χ1n) is 10.5. The predicted octanol–water partition coefficient (Wildman–Crippen LogP) is 6.15. The molecule has 0 bridgehead atoms. The van der Waals surface area contributed by atoms with Crippen LogP contribution in [0.3, 0.4) is 0 Å². The maximum atomic E-state index is 13.7. The minimum atomic E-state index is -0.105. The molecule has 0 saturated carbocycles. The van der Waals surface area contributed by atoms with Gasteiger partial charge in [-0.2, -0.15) is 0 Å². The standard InChI is InChI=1S/C26H27N3O2S/c1-17-9-14-21(31-5)22-23(17)32-25(28-22)29(16-20-8-6-7-15-27-20)24(30)18-10-12-19(13-11-18)26(2,3)4/h6-15H,16H2,1-5H3. The molecule has 0 aliphatic carbocycles. The van der Waals surface area contributed by atoms with Crippen LogP contribution in [0.25, 0.3) is 10.2 Å². The maximum Gasteiger partial charge on any atom is 0.260 e. The van der Waals surface area contributed by atoms with Crippen molar-refractivity contribution in [3.8, 4) is 5.75 Å². The van der Waals surface area contributed by atoms with Gasteiger partial charge in [-0.15, -0.1) is 0 Å². The Kier molecular flexibility index (Phi) is 5.98. The molecule has 32 heavy (non-hydrogen) atoms. The summed E-state index contributed by atoms with van der Waals surface area (Å²) in [4.78, 5) is 24.6. The number of amides is 1. The van der Waals surface area contributed by atoms with Gasteiger partial charge in [0.15, 0.2) is 5.13 Å². The zero-order valence-electron chi connectivity index (χ0n) is 19.0. The van der Waals surface area contributed by atoms with Crippen molar-refractivity contribution in [2.24, 2.45) is 0 Å². The second-order valence-electron chi connectivity index (χ2n) is 8.80. The Hall–Kier alpha value is -3.25. The highest BCUT2D eigenvalue weighted by Gasteiger charge is 2.24. The molecular formula is C26H27N3O2S. The summed E-state index contributed by atoms with van der Waals surface area (Å²) in [5.74, 6) is 0.597. The molecule has 0 unspecified atom stereocenters. The van der Waals surface area contributed by atoms with Crippen molar-refractivity contribution in [3.63, 3.8) is 0 Å². The van der Waals surface area contributed by atoms with Crippen LogP contribution in [0.4, 0.5) is 5.13 Å². The Morgan fingerprint density at radius 1 is 1.06 bits per heavy atom. The number of pyridine rings is 1. The van der Waals surface area contributed by atoms with Crippen molar-refractivity contribution in [2.45, 2.75) is 39.7 Å². The number of hydrogen-bond donors (Lipinski definition) is 0. The second-order valence-corrected chi connectivity index (χ2v) is 9.78. The third-order valence-electron chi connectivity index (χ3n) is 5.43. The van der Waals surface area contributed by atoms with Gasteiger partial charge in [0, 0.05) is 11.8 Å². The van der Waals surface area contributed by atoms with E-state index in [9.17, 15) is 4.79 Å². The van der Waals surface area contributed by atoms with Crippen LogP contribution in [0.5, 0.6) is 5.75 Å². The number of anilines is 1. The van der Waals surface area contributed by atoms with E-state index in [-0.39, 0.29) is 11.3 Å². The van der Waals surface area contributed by atoms with E-state index in [1.54, 1.807) is 18.2 Å². The third-order valence-corrected chi connectivity index (χ3v) is 6.65. The molecule has 0 N–H and O–H groups in total. The Morgan fingerprint density at radius 3 is 2.44 bits per heavy atom. The summed E-state index contributed by atoms with van der Waals surface area (Å²) in [7, 11) is 1.64. The first kappa shape index (κ1) is 22.0. The number of carbonyl (C=O) groups is 1. The zero-order valence-corrected chi connectivity index (χ0v) is 19.9. The SMILES string of the molecule is COc1ccc(C)c2sc(N(Cc3ccccn3)C(=O)c3ccc(C(C)(C)C)cc3)nc12. The average molecular weight is 446 g/mol. The van der Waals surface area contributed by atoms with E-state index in [1.165, 1.54) is 16.9 Å². The molecule has 0 atom stereocenters. The van der Waals surface area contributed by atoms with Crippen LogP contribution in [-0.2, 0) is 12.0 Å². The Labute approximate surface area is 192 Å². The number of carbonyl (C=O) groups excluding carboxylic acids is 1. The third kappa shape index (κ3) is 4.36. The lowest BCUT2D eigenvalue weighted by molar-refractivity contribution is 0.0984. The number of ether oxygens (including phenoxy) is 1. The van der Waals surface area contributed by atoms with Crippen LogP contribution in [0.15, 0.2) is 60.8 Å². The fraction of sp³-hybridized carbons (Fsp3) is 0.269. The molecule has 0 radical (unpaired) electrons. The summed E-state index contributed by atoms with van der Waals surface area (Å²) in [6.45, 7) is 8.86. The lowest BCUT2D eigenvalue weighted by Gasteiger charge is -2.21. The number of nitrogens with zero attached hydrogens (tertiary/aromatic N) is 3. The van der Waals surface area contributed by atoms with Gasteiger partial charge in [-0.1, -0.05) is 56.4 Å². The molecule has 5 nitrogen and oxygen atoms in total. The molecule has 1 amide bonds. The number of thiazole rings is 1. The number of aromatic nitrogens is 2. The number of rotatable bonds is 5. The van der Waals surface area contributed by atoms with E-state index < -0.39 is 0 Å². The Balaban J connectivity index is 1.78. The van der Waals surface area contributed by atoms with Crippen LogP contribution in [0.1, 0.15) is 48.0 Å². The van der Waals surface area contributed by atoms with Gasteiger partial charge in [-0.25, -0.2) is 4.98 Å². The summed E-state index contributed by atoms with van der Waals surface area (Å²) < 4.78 is 6.53. The van der Waals surface area contributed by atoms with Crippen LogP contribution >= 0.6 is 11.3 Å². The highest BCUT2D eigenvalue weighted by molar-refractivity contribution is 7.22. The van der Waals surface area contributed by atoms with E-state index in [1.807, 2.05) is 61.5 Å². The van der Waals surface area contributed by atoms with Crippen molar-refractivity contribution >= 4 is 32.6 Å². The molecule has 2 aromatic heterocycles. The fourth-order valence-electron chi connectivity index (χ4n) is 3.53. The molecule has 0 saturated heterocycles. The normalized spacial score (nSPS) is 11.5. The van der Waals surface area contributed by atoms with Crippen LogP contribution in [0.2, 0.25) is 0 Å². The lowest BCUT2D eigenvalue weighted by Crippen LogP contribution is -2.30. The number of benzene rings is 2. The largest absolute Gasteiger partial charge is 0.494 e. The predicted molar refractivity (Wildman–Crippen MR) is 131 cm³/mol. The smallest absolute Gasteiger partial charge is 0.260 e.